The summed E-state index contributed by atoms with van der Waals surface area (Å²) in [5, 5.41) is 13.8. The number of methoxy groups -OCH3 is 1. The Kier molecular flexibility index (Phi) is 6.23. The zero-order valence-electron chi connectivity index (χ0n) is 18.0. The Balaban J connectivity index is 1.50. The monoisotopic (exact) mass is 432 g/mol. The number of fused-ring (bicyclic) bond motifs is 1. The van der Waals surface area contributed by atoms with Crippen molar-refractivity contribution >= 4 is 16.8 Å². The minimum atomic E-state index is -0.436. The maximum atomic E-state index is 14.1. The number of aliphatic hydroxyl groups excluding tert-OH is 1. The minimum absolute atomic E-state index is 0.173. The molecule has 0 bridgehead atoms. The largest absolute Gasteiger partial charge is 0.494 e. The van der Waals surface area contributed by atoms with E-state index in [1.807, 2.05) is 37.4 Å². The SMILES string of the molecule is COc1ccc(-c2ccc(C(=O)NC(CO)Cc3c[nH]c4ccccc34)cc2C)cc1F. The lowest BCUT2D eigenvalue weighted by Crippen LogP contribution is -2.39. The van der Waals surface area contributed by atoms with E-state index in [1.54, 1.807) is 30.3 Å². The van der Waals surface area contributed by atoms with E-state index in [4.69, 9.17) is 4.74 Å². The van der Waals surface area contributed by atoms with Crippen molar-refractivity contribution in [1.29, 1.82) is 0 Å². The Morgan fingerprint density at radius 3 is 2.69 bits per heavy atom. The van der Waals surface area contributed by atoms with Gasteiger partial charge in [-0.2, -0.15) is 0 Å². The van der Waals surface area contributed by atoms with Crippen LogP contribution >= 0.6 is 0 Å². The van der Waals surface area contributed by atoms with Gasteiger partial charge in [-0.15, -0.1) is 0 Å². The number of aliphatic hydroxyl groups is 1. The van der Waals surface area contributed by atoms with Gasteiger partial charge in [-0.25, -0.2) is 4.39 Å². The lowest BCUT2D eigenvalue weighted by Gasteiger charge is -2.17. The molecule has 5 nitrogen and oxygen atoms in total. The molecule has 1 amide bonds. The molecule has 3 aromatic carbocycles. The highest BCUT2D eigenvalue weighted by Gasteiger charge is 2.17. The van der Waals surface area contributed by atoms with E-state index in [0.717, 1.165) is 27.6 Å². The number of amides is 1. The van der Waals surface area contributed by atoms with E-state index in [9.17, 15) is 14.3 Å². The smallest absolute Gasteiger partial charge is 0.251 e. The number of aryl methyl sites for hydroxylation is 1. The second kappa shape index (κ2) is 9.24. The Labute approximate surface area is 185 Å². The Hall–Kier alpha value is -3.64. The molecule has 3 N–H and O–H groups in total. The number of halogens is 1. The van der Waals surface area contributed by atoms with E-state index >= 15 is 0 Å². The third-order valence-electron chi connectivity index (χ3n) is 5.65. The average molecular weight is 432 g/mol. The van der Waals surface area contributed by atoms with Gasteiger partial charge in [0.2, 0.25) is 0 Å². The number of hydrogen-bond acceptors (Lipinski definition) is 3. The predicted octanol–water partition coefficient (Wildman–Crippen LogP) is 4.62. The Morgan fingerprint density at radius 1 is 1.16 bits per heavy atom. The summed E-state index contributed by atoms with van der Waals surface area (Å²) in [6, 6.07) is 17.6. The quantitative estimate of drug-likeness (QED) is 0.399. The molecule has 4 rings (SSSR count). The second-order valence-electron chi connectivity index (χ2n) is 7.80. The zero-order chi connectivity index (χ0) is 22.7. The van der Waals surface area contributed by atoms with Gasteiger partial charge in [0.05, 0.1) is 19.8 Å². The van der Waals surface area contributed by atoms with Gasteiger partial charge in [0, 0.05) is 22.7 Å². The van der Waals surface area contributed by atoms with Crippen molar-refractivity contribution in [2.75, 3.05) is 13.7 Å². The van der Waals surface area contributed by atoms with Crippen LogP contribution in [0.1, 0.15) is 21.5 Å². The molecule has 32 heavy (non-hydrogen) atoms. The number of aromatic amines is 1. The van der Waals surface area contributed by atoms with Gasteiger partial charge in [0.1, 0.15) is 0 Å². The molecular formula is C26H25FN2O3. The molecule has 0 fully saturated rings. The standard InChI is InChI=1S/C26H25FN2O3/c1-16-11-18(7-9-21(16)17-8-10-25(32-2)23(27)13-17)26(31)29-20(15-30)12-19-14-28-24-6-4-3-5-22(19)24/h3-11,13-14,20,28,30H,12,15H2,1-2H3,(H,29,31). The summed E-state index contributed by atoms with van der Waals surface area (Å²) in [6.45, 7) is 1.71. The summed E-state index contributed by atoms with van der Waals surface area (Å²) >= 11 is 0. The number of benzene rings is 3. The van der Waals surface area contributed by atoms with Crippen molar-refractivity contribution in [2.24, 2.45) is 0 Å². The van der Waals surface area contributed by atoms with Crippen molar-refractivity contribution in [1.82, 2.24) is 10.3 Å². The molecule has 4 aromatic rings. The molecule has 0 aliphatic heterocycles. The van der Waals surface area contributed by atoms with Gasteiger partial charge in [-0.05, 0) is 65.9 Å². The molecule has 0 saturated heterocycles. The Morgan fingerprint density at radius 2 is 1.97 bits per heavy atom. The highest BCUT2D eigenvalue weighted by atomic mass is 19.1. The summed E-state index contributed by atoms with van der Waals surface area (Å²) in [6.07, 6.45) is 2.42. The van der Waals surface area contributed by atoms with Gasteiger partial charge in [0.25, 0.3) is 5.91 Å². The molecule has 0 aliphatic rings. The number of aromatic nitrogens is 1. The summed E-state index contributed by atoms with van der Waals surface area (Å²) in [4.78, 5) is 16.1. The van der Waals surface area contributed by atoms with Crippen LogP contribution in [0.3, 0.4) is 0 Å². The van der Waals surface area contributed by atoms with Gasteiger partial charge in [0.15, 0.2) is 11.6 Å². The van der Waals surface area contributed by atoms with Crippen molar-refractivity contribution in [3.8, 4) is 16.9 Å². The first-order valence-corrected chi connectivity index (χ1v) is 10.4. The first-order chi connectivity index (χ1) is 15.5. The lowest BCUT2D eigenvalue weighted by atomic mass is 9.97. The molecule has 1 atom stereocenters. The number of rotatable bonds is 7. The van der Waals surface area contributed by atoms with Crippen molar-refractivity contribution in [3.63, 3.8) is 0 Å². The fourth-order valence-electron chi connectivity index (χ4n) is 3.96. The molecular weight excluding hydrogens is 407 g/mol. The molecule has 1 unspecified atom stereocenters. The predicted molar refractivity (Wildman–Crippen MR) is 123 cm³/mol. The van der Waals surface area contributed by atoms with E-state index < -0.39 is 11.9 Å². The van der Waals surface area contributed by atoms with Crippen LogP contribution in [-0.2, 0) is 6.42 Å². The lowest BCUT2D eigenvalue weighted by molar-refractivity contribution is 0.0916. The highest BCUT2D eigenvalue weighted by Crippen LogP contribution is 2.28. The number of H-pyrrole nitrogens is 1. The van der Waals surface area contributed by atoms with E-state index in [0.29, 0.717) is 17.5 Å². The molecule has 1 heterocycles. The minimum Gasteiger partial charge on any atom is -0.494 e. The van der Waals surface area contributed by atoms with E-state index in [-0.39, 0.29) is 18.3 Å². The van der Waals surface area contributed by atoms with Gasteiger partial charge in [-0.1, -0.05) is 30.3 Å². The molecule has 164 valence electrons. The summed E-state index contributed by atoms with van der Waals surface area (Å²) < 4.78 is 19.1. The van der Waals surface area contributed by atoms with E-state index in [2.05, 4.69) is 10.3 Å². The van der Waals surface area contributed by atoms with Crippen LogP contribution < -0.4 is 10.1 Å². The first kappa shape index (κ1) is 21.6. The number of hydrogen-bond donors (Lipinski definition) is 3. The third-order valence-corrected chi connectivity index (χ3v) is 5.65. The number of carbonyl (C=O) groups excluding carboxylic acids is 1. The maximum absolute atomic E-state index is 14.1. The normalized spacial score (nSPS) is 12.0. The molecule has 1 aromatic heterocycles. The van der Waals surface area contributed by atoms with Crippen LogP contribution in [0.4, 0.5) is 4.39 Å². The van der Waals surface area contributed by atoms with E-state index in [1.165, 1.54) is 13.2 Å². The van der Waals surface area contributed by atoms with Crippen LogP contribution in [0.2, 0.25) is 0 Å². The molecule has 0 spiro atoms. The van der Waals surface area contributed by atoms with Crippen LogP contribution in [0, 0.1) is 12.7 Å². The summed E-state index contributed by atoms with van der Waals surface area (Å²) in [7, 11) is 1.43. The average Bonchev–Trinajstić information content (AvgIpc) is 3.21. The summed E-state index contributed by atoms with van der Waals surface area (Å²) in [5.41, 5.74) is 4.93. The number of carbonyl (C=O) groups is 1. The first-order valence-electron chi connectivity index (χ1n) is 10.4. The fourth-order valence-corrected chi connectivity index (χ4v) is 3.96. The van der Waals surface area contributed by atoms with Crippen molar-refractivity contribution in [2.45, 2.75) is 19.4 Å². The van der Waals surface area contributed by atoms with Crippen LogP contribution in [0.25, 0.3) is 22.0 Å². The highest BCUT2D eigenvalue weighted by molar-refractivity contribution is 5.95. The fraction of sp³-hybridized carbons (Fsp3) is 0.192. The topological polar surface area (TPSA) is 74.3 Å². The Bertz CT molecular complexity index is 1270. The van der Waals surface area contributed by atoms with Crippen molar-refractivity contribution < 1.29 is 19.0 Å². The number of ether oxygens (including phenoxy) is 1. The van der Waals surface area contributed by atoms with Crippen LogP contribution in [0.5, 0.6) is 5.75 Å². The molecule has 0 aliphatic carbocycles. The second-order valence-corrected chi connectivity index (χ2v) is 7.80. The maximum Gasteiger partial charge on any atom is 0.251 e. The van der Waals surface area contributed by atoms with Crippen molar-refractivity contribution in [3.05, 3.63) is 89.4 Å². The van der Waals surface area contributed by atoms with Gasteiger partial charge < -0.3 is 20.1 Å². The zero-order valence-corrected chi connectivity index (χ0v) is 18.0. The molecule has 6 heteroatoms. The third kappa shape index (κ3) is 4.36. The van der Waals surface area contributed by atoms with Crippen LogP contribution in [0.15, 0.2) is 66.9 Å². The van der Waals surface area contributed by atoms with Gasteiger partial charge >= 0.3 is 0 Å². The van der Waals surface area contributed by atoms with Gasteiger partial charge in [-0.3, -0.25) is 4.79 Å². The van der Waals surface area contributed by atoms with Crippen LogP contribution in [-0.4, -0.2) is 35.8 Å². The molecule has 0 radical (unpaired) electrons. The molecule has 0 saturated carbocycles. The summed E-state index contributed by atoms with van der Waals surface area (Å²) in [5.74, 6) is -0.513. The number of nitrogens with one attached hydrogen (secondary N) is 2. The number of para-hydroxylation sites is 1.